The largest absolute Gasteiger partial charge is 0.368 e. The van der Waals surface area contributed by atoms with Gasteiger partial charge in [-0.3, -0.25) is 14.4 Å². The Morgan fingerprint density at radius 2 is 2.30 bits per heavy atom. The Bertz CT molecular complexity index is 484. The zero-order valence-corrected chi connectivity index (χ0v) is 11.3. The third kappa shape index (κ3) is 3.79. The topological polar surface area (TPSA) is 76.7 Å². The quantitative estimate of drug-likeness (QED) is 0.800. The molecule has 1 aromatic carbocycles. The van der Waals surface area contributed by atoms with E-state index in [0.717, 1.165) is 12.8 Å². The van der Waals surface area contributed by atoms with E-state index in [2.05, 4.69) is 10.8 Å². The molecule has 1 fully saturated rings. The van der Waals surface area contributed by atoms with Crippen molar-refractivity contribution in [1.82, 2.24) is 5.48 Å². The number of anilines is 1. The number of carbonyl (C=O) groups is 2. The van der Waals surface area contributed by atoms with Crippen LogP contribution in [0.2, 0.25) is 0 Å². The van der Waals surface area contributed by atoms with Gasteiger partial charge in [0.1, 0.15) is 6.10 Å². The van der Waals surface area contributed by atoms with Crippen molar-refractivity contribution in [1.29, 1.82) is 0 Å². The summed E-state index contributed by atoms with van der Waals surface area (Å²) in [6.07, 6.45) is 1.24. The number of rotatable bonds is 5. The van der Waals surface area contributed by atoms with Gasteiger partial charge in [0.25, 0.3) is 11.8 Å². The van der Waals surface area contributed by atoms with E-state index in [-0.39, 0.29) is 11.8 Å². The summed E-state index contributed by atoms with van der Waals surface area (Å²) in [6, 6.07) is 6.67. The third-order valence-corrected chi connectivity index (χ3v) is 2.92. The minimum absolute atomic E-state index is 0.176. The molecule has 1 aliphatic rings. The molecule has 0 spiro atoms. The fourth-order valence-electron chi connectivity index (χ4n) is 1.94. The first kappa shape index (κ1) is 14.5. The van der Waals surface area contributed by atoms with Crippen molar-refractivity contribution in [3.63, 3.8) is 0 Å². The van der Waals surface area contributed by atoms with Crippen LogP contribution in [-0.4, -0.2) is 31.1 Å². The van der Waals surface area contributed by atoms with E-state index < -0.39 is 6.10 Å². The summed E-state index contributed by atoms with van der Waals surface area (Å²) in [5.41, 5.74) is 3.29. The van der Waals surface area contributed by atoms with Gasteiger partial charge in [-0.05, 0) is 38.0 Å². The van der Waals surface area contributed by atoms with Crippen LogP contribution in [-0.2, 0) is 14.4 Å². The van der Waals surface area contributed by atoms with Gasteiger partial charge in [0, 0.05) is 17.9 Å². The molecule has 1 unspecified atom stereocenters. The molecule has 1 aliphatic heterocycles. The van der Waals surface area contributed by atoms with E-state index in [1.807, 2.05) is 0 Å². The van der Waals surface area contributed by atoms with Crippen LogP contribution in [0.1, 0.15) is 30.1 Å². The van der Waals surface area contributed by atoms with Gasteiger partial charge in [-0.1, -0.05) is 6.07 Å². The molecule has 0 bridgehead atoms. The fraction of sp³-hybridized carbons (Fsp3) is 0.429. The van der Waals surface area contributed by atoms with Crippen molar-refractivity contribution >= 4 is 17.5 Å². The lowest BCUT2D eigenvalue weighted by atomic mass is 10.2. The van der Waals surface area contributed by atoms with Crippen molar-refractivity contribution in [3.05, 3.63) is 29.8 Å². The standard InChI is InChI=1S/C14H18N2O4/c1-2-20-16-13(17)10-5-3-6-11(9-10)15-14(18)12-7-4-8-19-12/h3,5-6,9,12H,2,4,7-8H2,1H3,(H,15,18)(H,16,17). The molecule has 2 amide bonds. The van der Waals surface area contributed by atoms with Crippen molar-refractivity contribution in [2.45, 2.75) is 25.9 Å². The highest BCUT2D eigenvalue weighted by atomic mass is 16.6. The molecule has 2 N–H and O–H groups in total. The minimum atomic E-state index is -0.393. The molecule has 2 rings (SSSR count). The normalized spacial score (nSPS) is 17.8. The maximum Gasteiger partial charge on any atom is 0.274 e. The molecule has 1 aromatic rings. The minimum Gasteiger partial charge on any atom is -0.368 e. The van der Waals surface area contributed by atoms with E-state index in [9.17, 15) is 9.59 Å². The van der Waals surface area contributed by atoms with E-state index >= 15 is 0 Å². The summed E-state index contributed by atoms with van der Waals surface area (Å²) >= 11 is 0. The van der Waals surface area contributed by atoms with Gasteiger partial charge in [0.15, 0.2) is 0 Å². The number of carbonyl (C=O) groups excluding carboxylic acids is 2. The smallest absolute Gasteiger partial charge is 0.274 e. The van der Waals surface area contributed by atoms with Gasteiger partial charge >= 0.3 is 0 Å². The van der Waals surface area contributed by atoms with Gasteiger partial charge in [-0.25, -0.2) is 5.48 Å². The van der Waals surface area contributed by atoms with Crippen LogP contribution in [0, 0.1) is 0 Å². The number of benzene rings is 1. The van der Waals surface area contributed by atoms with Crippen LogP contribution >= 0.6 is 0 Å². The van der Waals surface area contributed by atoms with Gasteiger partial charge in [-0.15, -0.1) is 0 Å². The lowest BCUT2D eigenvalue weighted by molar-refractivity contribution is -0.124. The molecular formula is C14H18N2O4. The van der Waals surface area contributed by atoms with Gasteiger partial charge in [0.2, 0.25) is 0 Å². The first-order valence-electron chi connectivity index (χ1n) is 6.65. The first-order valence-corrected chi connectivity index (χ1v) is 6.65. The van der Waals surface area contributed by atoms with E-state index in [1.165, 1.54) is 0 Å². The molecule has 1 saturated heterocycles. The van der Waals surface area contributed by atoms with Crippen LogP contribution in [0.25, 0.3) is 0 Å². The van der Waals surface area contributed by atoms with Crippen LogP contribution < -0.4 is 10.8 Å². The second-order valence-electron chi connectivity index (χ2n) is 4.44. The van der Waals surface area contributed by atoms with Gasteiger partial charge < -0.3 is 10.1 Å². The second kappa shape index (κ2) is 7.02. The molecule has 0 aromatic heterocycles. The highest BCUT2D eigenvalue weighted by Crippen LogP contribution is 2.16. The first-order chi connectivity index (χ1) is 9.70. The Hall–Kier alpha value is -1.92. The molecule has 6 heteroatoms. The van der Waals surface area contributed by atoms with Crippen LogP contribution in [0.5, 0.6) is 0 Å². The zero-order valence-electron chi connectivity index (χ0n) is 11.3. The lowest BCUT2D eigenvalue weighted by Crippen LogP contribution is -2.27. The summed E-state index contributed by atoms with van der Waals surface area (Å²) in [7, 11) is 0. The van der Waals surface area contributed by atoms with Crippen molar-refractivity contribution < 1.29 is 19.2 Å². The second-order valence-corrected chi connectivity index (χ2v) is 4.44. The third-order valence-electron chi connectivity index (χ3n) is 2.92. The highest BCUT2D eigenvalue weighted by Gasteiger charge is 2.23. The lowest BCUT2D eigenvalue weighted by Gasteiger charge is -2.11. The molecule has 1 heterocycles. The van der Waals surface area contributed by atoms with E-state index in [4.69, 9.17) is 9.57 Å². The molecule has 0 saturated carbocycles. The monoisotopic (exact) mass is 278 g/mol. The maximum absolute atomic E-state index is 11.9. The predicted molar refractivity (Wildman–Crippen MR) is 73.1 cm³/mol. The molecule has 6 nitrogen and oxygen atoms in total. The predicted octanol–water partition coefficient (Wildman–Crippen LogP) is 1.49. The SMILES string of the molecule is CCONC(=O)c1cccc(NC(=O)C2CCCO2)c1. The highest BCUT2D eigenvalue weighted by molar-refractivity contribution is 5.97. The van der Waals surface area contributed by atoms with E-state index in [0.29, 0.717) is 24.5 Å². The Balaban J connectivity index is 1.98. The molecule has 1 atom stereocenters. The van der Waals surface area contributed by atoms with Crippen molar-refractivity contribution in [2.75, 3.05) is 18.5 Å². The molecule has 108 valence electrons. The Labute approximate surface area is 117 Å². The summed E-state index contributed by atoms with van der Waals surface area (Å²) in [4.78, 5) is 28.5. The van der Waals surface area contributed by atoms with Crippen LogP contribution in [0.15, 0.2) is 24.3 Å². The fourth-order valence-corrected chi connectivity index (χ4v) is 1.94. The number of ether oxygens (including phenoxy) is 1. The Morgan fingerprint density at radius 3 is 3.00 bits per heavy atom. The summed E-state index contributed by atoms with van der Waals surface area (Å²) in [5, 5.41) is 2.75. The van der Waals surface area contributed by atoms with Crippen LogP contribution in [0.3, 0.4) is 0 Å². The van der Waals surface area contributed by atoms with Gasteiger partial charge in [-0.2, -0.15) is 0 Å². The Kier molecular flexibility index (Phi) is 5.09. The van der Waals surface area contributed by atoms with Crippen LogP contribution in [0.4, 0.5) is 5.69 Å². The van der Waals surface area contributed by atoms with Gasteiger partial charge in [0.05, 0.1) is 6.61 Å². The Morgan fingerprint density at radius 1 is 1.45 bits per heavy atom. The number of amides is 2. The van der Waals surface area contributed by atoms with Crippen molar-refractivity contribution in [2.24, 2.45) is 0 Å². The van der Waals surface area contributed by atoms with E-state index in [1.54, 1.807) is 31.2 Å². The summed E-state index contributed by atoms with van der Waals surface area (Å²) in [6.45, 7) is 2.79. The zero-order chi connectivity index (χ0) is 14.4. The molecule has 0 aliphatic carbocycles. The summed E-state index contributed by atoms with van der Waals surface area (Å²) in [5.74, 6) is -0.523. The van der Waals surface area contributed by atoms with Crippen molar-refractivity contribution in [3.8, 4) is 0 Å². The number of nitrogens with one attached hydrogen (secondary N) is 2. The average molecular weight is 278 g/mol. The molecule has 0 radical (unpaired) electrons. The number of hydroxylamine groups is 1. The summed E-state index contributed by atoms with van der Waals surface area (Å²) < 4.78 is 5.31. The molecular weight excluding hydrogens is 260 g/mol. The number of hydrogen-bond donors (Lipinski definition) is 2. The number of hydrogen-bond acceptors (Lipinski definition) is 4. The maximum atomic E-state index is 11.9. The molecule has 20 heavy (non-hydrogen) atoms. The average Bonchev–Trinajstić information content (AvgIpc) is 2.99.